The summed E-state index contributed by atoms with van der Waals surface area (Å²) in [7, 11) is 0. The van der Waals surface area contributed by atoms with Gasteiger partial charge in [-0.3, -0.25) is 4.90 Å². The zero-order valence-electron chi connectivity index (χ0n) is 17.0. The van der Waals surface area contributed by atoms with Gasteiger partial charge in [-0.25, -0.2) is 4.79 Å². The fourth-order valence-corrected chi connectivity index (χ4v) is 4.32. The van der Waals surface area contributed by atoms with Gasteiger partial charge in [-0.15, -0.1) is 0 Å². The number of rotatable bonds is 4. The van der Waals surface area contributed by atoms with Gasteiger partial charge in [0.1, 0.15) is 5.75 Å². The van der Waals surface area contributed by atoms with Crippen LogP contribution in [0.2, 0.25) is 0 Å². The van der Waals surface area contributed by atoms with Gasteiger partial charge in [0, 0.05) is 30.7 Å². The minimum Gasteiger partial charge on any atom is -0.508 e. The number of phenolic OH excluding ortho intramolecular Hbond substituents is 1. The van der Waals surface area contributed by atoms with Crippen molar-refractivity contribution in [3.05, 3.63) is 29.3 Å². The van der Waals surface area contributed by atoms with Crippen molar-refractivity contribution >= 4 is 6.09 Å². The van der Waals surface area contributed by atoms with E-state index < -0.39 is 11.7 Å². The second-order valence-corrected chi connectivity index (χ2v) is 8.55. The molecule has 2 saturated heterocycles. The minimum atomic E-state index is -4.47. The van der Waals surface area contributed by atoms with Gasteiger partial charge < -0.3 is 14.7 Å². The number of hydrogen-bond donors (Lipinski definition) is 1. The van der Waals surface area contributed by atoms with Crippen molar-refractivity contribution in [2.45, 2.75) is 57.8 Å². The average Bonchev–Trinajstić information content (AvgIpc) is 3.03. The van der Waals surface area contributed by atoms with Crippen LogP contribution in [-0.4, -0.2) is 52.8 Å². The Hall–Kier alpha value is -1.96. The molecule has 1 aromatic carbocycles. The molecule has 0 atom stereocenters. The average molecular weight is 414 g/mol. The molecule has 2 heterocycles. The lowest BCUT2D eigenvalue weighted by Gasteiger charge is -2.45. The molecular weight excluding hydrogens is 385 g/mol. The molecule has 2 aliphatic heterocycles. The number of hydrogen-bond acceptors (Lipinski definition) is 4. The van der Waals surface area contributed by atoms with E-state index in [1.54, 1.807) is 4.90 Å². The maximum absolute atomic E-state index is 12.8. The number of carbonyl (C=O) groups is 1. The monoisotopic (exact) mass is 414 g/mol. The number of benzene rings is 1. The molecule has 1 aromatic rings. The van der Waals surface area contributed by atoms with E-state index in [-0.39, 0.29) is 23.3 Å². The van der Waals surface area contributed by atoms with E-state index in [4.69, 9.17) is 4.74 Å². The summed E-state index contributed by atoms with van der Waals surface area (Å²) in [5, 5.41) is 10.1. The Bertz CT molecular complexity index is 728. The first-order chi connectivity index (χ1) is 13.6. The van der Waals surface area contributed by atoms with Crippen molar-refractivity contribution < 1.29 is 27.8 Å². The molecule has 3 rings (SSSR count). The van der Waals surface area contributed by atoms with Crippen LogP contribution in [0, 0.1) is 5.92 Å². The Morgan fingerprint density at radius 1 is 1.21 bits per heavy atom. The number of amides is 1. The normalized spacial score (nSPS) is 19.9. The summed E-state index contributed by atoms with van der Waals surface area (Å²) in [4.78, 5) is 16.2. The summed E-state index contributed by atoms with van der Waals surface area (Å²) < 4.78 is 43.8. The molecule has 8 heteroatoms. The summed E-state index contributed by atoms with van der Waals surface area (Å²) in [5.74, 6) is -0.0339. The summed E-state index contributed by atoms with van der Waals surface area (Å²) in [6, 6.07) is 3.18. The number of halogens is 3. The molecule has 0 aromatic heterocycles. The van der Waals surface area contributed by atoms with Crippen LogP contribution in [0.15, 0.2) is 18.2 Å². The number of carbonyl (C=O) groups excluding carboxylic acids is 1. The lowest BCUT2D eigenvalue weighted by atomic mass is 9.85. The molecule has 0 saturated carbocycles. The van der Waals surface area contributed by atoms with E-state index in [1.807, 2.05) is 13.8 Å². The first-order valence-corrected chi connectivity index (χ1v) is 10.2. The predicted molar refractivity (Wildman–Crippen MR) is 102 cm³/mol. The Labute approximate surface area is 169 Å². The fourth-order valence-electron chi connectivity index (χ4n) is 4.32. The zero-order chi connectivity index (χ0) is 21.2. The minimum absolute atomic E-state index is 0.0794. The zero-order valence-corrected chi connectivity index (χ0v) is 17.0. The highest BCUT2D eigenvalue weighted by Gasteiger charge is 2.44. The van der Waals surface area contributed by atoms with Crippen LogP contribution in [0.1, 0.15) is 50.7 Å². The third kappa shape index (κ3) is 4.97. The van der Waals surface area contributed by atoms with E-state index in [1.165, 1.54) is 6.07 Å². The number of nitrogens with zero attached hydrogens (tertiary/aromatic N) is 2. The summed E-state index contributed by atoms with van der Waals surface area (Å²) in [6.07, 6.45) is -1.17. The lowest BCUT2D eigenvalue weighted by Crippen LogP contribution is -2.53. The molecule has 5 nitrogen and oxygen atoms in total. The number of phenols is 1. The summed E-state index contributed by atoms with van der Waals surface area (Å²) in [6.45, 7) is 6.83. The van der Waals surface area contributed by atoms with E-state index in [9.17, 15) is 23.1 Å². The lowest BCUT2D eigenvalue weighted by molar-refractivity contribution is -0.137. The topological polar surface area (TPSA) is 53.0 Å². The van der Waals surface area contributed by atoms with E-state index >= 15 is 0 Å². The number of piperidine rings is 1. The van der Waals surface area contributed by atoms with E-state index in [2.05, 4.69) is 4.90 Å². The van der Waals surface area contributed by atoms with Crippen molar-refractivity contribution in [1.82, 2.24) is 9.80 Å². The second-order valence-electron chi connectivity index (χ2n) is 8.55. The van der Waals surface area contributed by atoms with E-state index in [0.717, 1.165) is 44.4 Å². The van der Waals surface area contributed by atoms with Crippen LogP contribution in [-0.2, 0) is 17.5 Å². The van der Waals surface area contributed by atoms with Gasteiger partial charge in [0.2, 0.25) is 0 Å². The van der Waals surface area contributed by atoms with Crippen molar-refractivity contribution in [3.8, 4) is 5.75 Å². The first kappa shape index (κ1) is 21.7. The van der Waals surface area contributed by atoms with Gasteiger partial charge in [-0.2, -0.15) is 13.2 Å². The molecule has 1 N–H and O–H groups in total. The number of aromatic hydroxyl groups is 1. The van der Waals surface area contributed by atoms with Gasteiger partial charge in [0.05, 0.1) is 12.2 Å². The quantitative estimate of drug-likeness (QED) is 0.780. The second kappa shape index (κ2) is 8.42. The Balaban J connectivity index is 1.63. The Morgan fingerprint density at radius 2 is 1.90 bits per heavy atom. The van der Waals surface area contributed by atoms with Crippen molar-refractivity contribution in [2.75, 3.05) is 26.2 Å². The highest BCUT2D eigenvalue weighted by molar-refractivity contribution is 5.67. The highest BCUT2D eigenvalue weighted by Crippen LogP contribution is 2.41. The van der Waals surface area contributed by atoms with Gasteiger partial charge in [-0.05, 0) is 50.3 Å². The molecule has 0 unspecified atom stereocenters. The van der Waals surface area contributed by atoms with Crippen LogP contribution < -0.4 is 0 Å². The van der Waals surface area contributed by atoms with Crippen LogP contribution in [0.5, 0.6) is 5.75 Å². The molecule has 29 heavy (non-hydrogen) atoms. The van der Waals surface area contributed by atoms with E-state index in [0.29, 0.717) is 31.8 Å². The number of alkyl halides is 3. The molecule has 1 amide bonds. The van der Waals surface area contributed by atoms with Crippen molar-refractivity contribution in [2.24, 2.45) is 5.92 Å². The molecule has 2 aliphatic rings. The van der Waals surface area contributed by atoms with Gasteiger partial charge in [0.25, 0.3) is 0 Å². The van der Waals surface area contributed by atoms with Gasteiger partial charge in [0.15, 0.2) is 0 Å². The largest absolute Gasteiger partial charge is 0.508 e. The molecule has 1 spiro atoms. The molecule has 0 aliphatic carbocycles. The van der Waals surface area contributed by atoms with Gasteiger partial charge >= 0.3 is 12.3 Å². The predicted octanol–water partition coefficient (Wildman–Crippen LogP) is 4.63. The number of ether oxygens (including phenoxy) is 1. The molecule has 2 fully saturated rings. The van der Waals surface area contributed by atoms with Crippen LogP contribution in [0.4, 0.5) is 18.0 Å². The Morgan fingerprint density at radius 3 is 2.48 bits per heavy atom. The van der Waals surface area contributed by atoms with Crippen LogP contribution in [0.3, 0.4) is 0 Å². The number of likely N-dealkylation sites (tertiary alicyclic amines) is 2. The van der Waals surface area contributed by atoms with Gasteiger partial charge in [-0.1, -0.05) is 19.9 Å². The first-order valence-electron chi connectivity index (χ1n) is 10.2. The maximum atomic E-state index is 12.8. The summed E-state index contributed by atoms with van der Waals surface area (Å²) in [5.41, 5.74) is -0.426. The Kier molecular flexibility index (Phi) is 6.31. The SMILES string of the molecule is CC(C)COC(=O)N1CCC2(CCCN2Cc2ccc(C(F)(F)F)cc2O)CC1. The standard InChI is InChI=1S/C21H29F3N2O3/c1-15(2)14-29-19(28)25-10-7-20(8-11-25)6-3-9-26(20)13-16-4-5-17(12-18(16)27)21(22,23)24/h4-5,12,15,27H,3,6-11,13-14H2,1-2H3. The third-order valence-corrected chi connectivity index (χ3v) is 6.01. The van der Waals surface area contributed by atoms with Crippen molar-refractivity contribution in [1.29, 1.82) is 0 Å². The summed E-state index contributed by atoms with van der Waals surface area (Å²) >= 11 is 0. The third-order valence-electron chi connectivity index (χ3n) is 6.01. The molecular formula is C21H29F3N2O3. The molecule has 0 bridgehead atoms. The molecule has 0 radical (unpaired) electrons. The van der Waals surface area contributed by atoms with Crippen molar-refractivity contribution in [3.63, 3.8) is 0 Å². The highest BCUT2D eigenvalue weighted by atomic mass is 19.4. The van der Waals surface area contributed by atoms with Crippen LogP contribution in [0.25, 0.3) is 0 Å². The fraction of sp³-hybridized carbons (Fsp3) is 0.667. The van der Waals surface area contributed by atoms with Crippen LogP contribution >= 0.6 is 0 Å². The molecule has 162 valence electrons. The maximum Gasteiger partial charge on any atom is 0.416 e. The smallest absolute Gasteiger partial charge is 0.416 e.